The van der Waals surface area contributed by atoms with Crippen molar-refractivity contribution in [2.75, 3.05) is 13.1 Å². The number of aliphatic hydroxyl groups is 1. The van der Waals surface area contributed by atoms with Crippen molar-refractivity contribution >= 4 is 0 Å². The van der Waals surface area contributed by atoms with Crippen LogP contribution in [0.5, 0.6) is 0 Å². The molecule has 0 amide bonds. The quantitative estimate of drug-likeness (QED) is 0.804. The van der Waals surface area contributed by atoms with Crippen LogP contribution in [0.2, 0.25) is 0 Å². The molecule has 6 heteroatoms. The highest BCUT2D eigenvalue weighted by Gasteiger charge is 2.29. The highest BCUT2D eigenvalue weighted by atomic mass is 16.3. The van der Waals surface area contributed by atoms with Gasteiger partial charge >= 0.3 is 0 Å². The molecule has 0 fully saturated rings. The Labute approximate surface area is 167 Å². The predicted molar refractivity (Wildman–Crippen MR) is 110 cm³/mol. The molecule has 1 unspecified atom stereocenters. The van der Waals surface area contributed by atoms with E-state index in [4.69, 9.17) is 0 Å². The molecule has 4 rings (SSSR count). The van der Waals surface area contributed by atoms with E-state index in [-0.39, 0.29) is 0 Å². The fourth-order valence-corrected chi connectivity index (χ4v) is 4.94. The van der Waals surface area contributed by atoms with Gasteiger partial charge < -0.3 is 9.67 Å². The Bertz CT molecular complexity index is 875. The molecular formula is C22H33N5O. The number of hydrogen-bond acceptors (Lipinski definition) is 4. The van der Waals surface area contributed by atoms with Crippen LogP contribution in [0, 0.1) is 5.41 Å². The Balaban J connectivity index is 1.43. The number of allylic oxidation sites excluding steroid dienone is 1. The Morgan fingerprint density at radius 2 is 2.11 bits per heavy atom. The van der Waals surface area contributed by atoms with E-state index in [1.165, 1.54) is 25.0 Å². The van der Waals surface area contributed by atoms with Gasteiger partial charge in [0, 0.05) is 39.1 Å². The highest BCUT2D eigenvalue weighted by Crippen LogP contribution is 2.41. The second-order valence-electron chi connectivity index (χ2n) is 9.11. The fraction of sp³-hybridized carbons (Fsp3) is 0.636. The van der Waals surface area contributed by atoms with Crippen LogP contribution in [-0.4, -0.2) is 42.4 Å². The summed E-state index contributed by atoms with van der Waals surface area (Å²) in [6.45, 7) is 11.0. The zero-order valence-corrected chi connectivity index (χ0v) is 17.6. The number of hydrogen-bond donors (Lipinski definition) is 1. The van der Waals surface area contributed by atoms with Gasteiger partial charge in [0.25, 0.3) is 0 Å². The molecule has 2 aliphatic rings. The molecule has 0 saturated carbocycles. The molecule has 0 bridgehead atoms. The molecule has 152 valence electrons. The maximum atomic E-state index is 10.7. The van der Waals surface area contributed by atoms with Crippen molar-refractivity contribution in [3.05, 3.63) is 46.8 Å². The van der Waals surface area contributed by atoms with Crippen molar-refractivity contribution in [3.63, 3.8) is 0 Å². The molecule has 2 aromatic heterocycles. The summed E-state index contributed by atoms with van der Waals surface area (Å²) in [6.07, 6.45) is 7.84. The maximum absolute atomic E-state index is 10.7. The second-order valence-corrected chi connectivity index (χ2v) is 9.11. The largest absolute Gasteiger partial charge is 0.379 e. The molecule has 0 spiro atoms. The SMILES string of the molecule is CC1=C(CCN2CCn3nc(C(O)c4nccn4C)cc3C2)C(C)(C)CCC1. The van der Waals surface area contributed by atoms with Crippen LogP contribution in [0.4, 0.5) is 0 Å². The van der Waals surface area contributed by atoms with Gasteiger partial charge in [0.1, 0.15) is 5.82 Å². The van der Waals surface area contributed by atoms with E-state index in [1.807, 2.05) is 28.6 Å². The van der Waals surface area contributed by atoms with Crippen LogP contribution in [0.3, 0.4) is 0 Å². The summed E-state index contributed by atoms with van der Waals surface area (Å²) in [5, 5.41) is 15.3. The lowest BCUT2D eigenvalue weighted by Gasteiger charge is -2.36. The van der Waals surface area contributed by atoms with Crippen LogP contribution in [0.25, 0.3) is 0 Å². The summed E-state index contributed by atoms with van der Waals surface area (Å²) >= 11 is 0. The predicted octanol–water partition coefficient (Wildman–Crippen LogP) is 3.43. The average molecular weight is 384 g/mol. The normalized spacial score (nSPS) is 21.0. The molecule has 1 aliphatic carbocycles. The minimum Gasteiger partial charge on any atom is -0.379 e. The summed E-state index contributed by atoms with van der Waals surface area (Å²) < 4.78 is 3.89. The fourth-order valence-electron chi connectivity index (χ4n) is 4.94. The number of fused-ring (bicyclic) bond motifs is 1. The van der Waals surface area contributed by atoms with E-state index in [9.17, 15) is 5.11 Å². The number of aromatic nitrogens is 4. The van der Waals surface area contributed by atoms with Gasteiger partial charge in [0.15, 0.2) is 6.10 Å². The Kier molecular flexibility index (Phi) is 5.19. The van der Waals surface area contributed by atoms with Crippen LogP contribution < -0.4 is 0 Å². The number of nitrogens with zero attached hydrogens (tertiary/aromatic N) is 5. The Morgan fingerprint density at radius 1 is 1.29 bits per heavy atom. The van der Waals surface area contributed by atoms with Crippen molar-refractivity contribution in [2.24, 2.45) is 12.5 Å². The van der Waals surface area contributed by atoms with Crippen molar-refractivity contribution in [2.45, 2.75) is 65.6 Å². The monoisotopic (exact) mass is 383 g/mol. The molecule has 0 radical (unpaired) electrons. The van der Waals surface area contributed by atoms with E-state index in [0.29, 0.717) is 16.9 Å². The molecule has 2 aromatic rings. The maximum Gasteiger partial charge on any atom is 0.155 e. The lowest BCUT2D eigenvalue weighted by atomic mass is 9.71. The summed E-state index contributed by atoms with van der Waals surface area (Å²) in [4.78, 5) is 6.79. The zero-order valence-electron chi connectivity index (χ0n) is 17.6. The summed E-state index contributed by atoms with van der Waals surface area (Å²) in [6, 6.07) is 2.04. The van der Waals surface area contributed by atoms with Crippen LogP contribution in [-0.2, 0) is 20.1 Å². The third kappa shape index (κ3) is 3.67. The highest BCUT2D eigenvalue weighted by molar-refractivity contribution is 5.23. The van der Waals surface area contributed by atoms with Gasteiger partial charge in [-0.2, -0.15) is 5.10 Å². The minimum absolute atomic E-state index is 0.346. The van der Waals surface area contributed by atoms with Crippen LogP contribution in [0.1, 0.15) is 69.8 Å². The van der Waals surface area contributed by atoms with E-state index < -0.39 is 6.10 Å². The van der Waals surface area contributed by atoms with Gasteiger partial charge in [0.2, 0.25) is 0 Å². The van der Waals surface area contributed by atoms with Crippen molar-refractivity contribution < 1.29 is 5.11 Å². The molecule has 1 aliphatic heterocycles. The number of rotatable bonds is 5. The molecular weight excluding hydrogens is 350 g/mol. The topological polar surface area (TPSA) is 59.1 Å². The first-order valence-electron chi connectivity index (χ1n) is 10.5. The molecule has 0 saturated heterocycles. The van der Waals surface area contributed by atoms with Crippen molar-refractivity contribution in [1.82, 2.24) is 24.2 Å². The second kappa shape index (κ2) is 7.48. The Hall–Kier alpha value is -1.92. The van der Waals surface area contributed by atoms with E-state index in [2.05, 4.69) is 35.8 Å². The lowest BCUT2D eigenvalue weighted by molar-refractivity contribution is 0.195. The van der Waals surface area contributed by atoms with E-state index >= 15 is 0 Å². The smallest absolute Gasteiger partial charge is 0.155 e. The minimum atomic E-state index is -0.776. The first-order chi connectivity index (χ1) is 13.3. The number of aliphatic hydroxyl groups excluding tert-OH is 1. The van der Waals surface area contributed by atoms with Crippen molar-refractivity contribution in [1.29, 1.82) is 0 Å². The van der Waals surface area contributed by atoms with Crippen LogP contribution in [0.15, 0.2) is 29.6 Å². The summed E-state index contributed by atoms with van der Waals surface area (Å²) in [5.41, 5.74) is 5.50. The Morgan fingerprint density at radius 3 is 2.82 bits per heavy atom. The van der Waals surface area contributed by atoms with E-state index in [0.717, 1.165) is 32.6 Å². The van der Waals surface area contributed by atoms with Crippen LogP contribution >= 0.6 is 0 Å². The van der Waals surface area contributed by atoms with Gasteiger partial charge in [-0.1, -0.05) is 25.0 Å². The molecule has 3 heterocycles. The number of aryl methyl sites for hydroxylation is 1. The lowest BCUT2D eigenvalue weighted by Crippen LogP contribution is -2.35. The molecule has 1 atom stereocenters. The third-order valence-corrected chi connectivity index (χ3v) is 6.64. The van der Waals surface area contributed by atoms with Crippen molar-refractivity contribution in [3.8, 4) is 0 Å². The van der Waals surface area contributed by atoms with Gasteiger partial charge in [-0.25, -0.2) is 4.98 Å². The summed E-state index contributed by atoms with van der Waals surface area (Å²) in [5.74, 6) is 0.634. The molecule has 1 N–H and O–H groups in total. The standard InChI is InChI=1S/C22H33N5O/c1-16-6-5-8-22(2,3)18(16)7-10-26-12-13-27-17(15-26)14-19(24-27)20(28)21-23-9-11-25(21)4/h9,11,14,20,28H,5-8,10,12-13,15H2,1-4H3. The van der Waals surface area contributed by atoms with E-state index in [1.54, 1.807) is 17.3 Å². The molecule has 28 heavy (non-hydrogen) atoms. The van der Waals surface area contributed by atoms with Gasteiger partial charge in [-0.15, -0.1) is 0 Å². The van der Waals surface area contributed by atoms with Gasteiger partial charge in [-0.3, -0.25) is 9.58 Å². The zero-order chi connectivity index (χ0) is 19.9. The third-order valence-electron chi connectivity index (χ3n) is 6.64. The summed E-state index contributed by atoms with van der Waals surface area (Å²) in [7, 11) is 1.90. The first-order valence-corrected chi connectivity index (χ1v) is 10.5. The molecule has 0 aromatic carbocycles. The van der Waals surface area contributed by atoms with Gasteiger partial charge in [-0.05, 0) is 44.1 Å². The first kappa shape index (κ1) is 19.4. The average Bonchev–Trinajstić information content (AvgIpc) is 3.25. The van der Waals surface area contributed by atoms with Gasteiger partial charge in [0.05, 0.1) is 17.9 Å². The molecule has 6 nitrogen and oxygen atoms in total. The number of imidazole rings is 1.